The number of amides is 1. The molecule has 2 aliphatic rings. The van der Waals surface area contributed by atoms with Gasteiger partial charge in [0.25, 0.3) is 5.56 Å². The first-order chi connectivity index (χ1) is 11.7. The molecule has 1 saturated heterocycles. The van der Waals surface area contributed by atoms with Crippen molar-refractivity contribution in [2.45, 2.75) is 51.2 Å². The number of hydrogen-bond donors (Lipinski definition) is 1. The molecular formula is C17H21N3O3S. The van der Waals surface area contributed by atoms with E-state index < -0.39 is 0 Å². The molecule has 0 bridgehead atoms. The maximum atomic E-state index is 12.8. The van der Waals surface area contributed by atoms with Crippen molar-refractivity contribution in [1.82, 2.24) is 14.9 Å². The van der Waals surface area contributed by atoms with Crippen molar-refractivity contribution in [2.24, 2.45) is 0 Å². The number of aromatic nitrogens is 2. The van der Waals surface area contributed by atoms with Gasteiger partial charge in [-0.05, 0) is 44.1 Å². The van der Waals surface area contributed by atoms with Crippen LogP contribution in [0, 0.1) is 0 Å². The first-order valence-corrected chi connectivity index (χ1v) is 9.42. The Labute approximate surface area is 143 Å². The summed E-state index contributed by atoms with van der Waals surface area (Å²) in [6.45, 7) is 1.29. The molecule has 1 aliphatic heterocycles. The van der Waals surface area contributed by atoms with Gasteiger partial charge >= 0.3 is 0 Å². The molecule has 1 atom stereocenters. The Morgan fingerprint density at radius 2 is 2.25 bits per heavy atom. The third kappa shape index (κ3) is 2.98. The number of ether oxygens (including phenoxy) is 1. The number of nitrogens with one attached hydrogen (secondary N) is 1. The lowest BCUT2D eigenvalue weighted by atomic mass is 9.97. The number of hydrogen-bond acceptors (Lipinski definition) is 5. The van der Waals surface area contributed by atoms with Crippen molar-refractivity contribution in [3.63, 3.8) is 0 Å². The maximum Gasteiger partial charge on any atom is 0.262 e. The Morgan fingerprint density at radius 1 is 1.38 bits per heavy atom. The second-order valence-electron chi connectivity index (χ2n) is 6.51. The zero-order valence-corrected chi connectivity index (χ0v) is 14.4. The van der Waals surface area contributed by atoms with E-state index in [1.807, 2.05) is 0 Å². The highest BCUT2D eigenvalue weighted by Crippen LogP contribution is 2.33. The monoisotopic (exact) mass is 347 g/mol. The first-order valence-electron chi connectivity index (χ1n) is 8.60. The van der Waals surface area contributed by atoms with Crippen LogP contribution in [-0.4, -0.2) is 34.7 Å². The van der Waals surface area contributed by atoms with E-state index in [1.54, 1.807) is 11.3 Å². The third-order valence-electron chi connectivity index (χ3n) is 4.81. The summed E-state index contributed by atoms with van der Waals surface area (Å²) in [6.07, 6.45) is 7.92. The fraction of sp³-hybridized carbons (Fsp3) is 0.588. The number of fused-ring (bicyclic) bond motifs is 3. The van der Waals surface area contributed by atoms with Gasteiger partial charge in [0.2, 0.25) is 5.91 Å². The SMILES string of the molecule is O=C(Cn1cnc2sc3c(c2c1=O)CCCC3)NCC1CCCO1. The smallest absolute Gasteiger partial charge is 0.262 e. The van der Waals surface area contributed by atoms with Crippen molar-refractivity contribution in [3.8, 4) is 0 Å². The normalized spacial score (nSPS) is 20.2. The number of carbonyl (C=O) groups is 1. The summed E-state index contributed by atoms with van der Waals surface area (Å²) in [6, 6.07) is 0. The molecule has 1 aliphatic carbocycles. The minimum absolute atomic E-state index is 0.0130. The average Bonchev–Trinajstić information content (AvgIpc) is 3.22. The average molecular weight is 347 g/mol. The molecule has 0 radical (unpaired) electrons. The van der Waals surface area contributed by atoms with Gasteiger partial charge in [-0.25, -0.2) is 4.98 Å². The number of thiophene rings is 1. The molecule has 1 unspecified atom stereocenters. The minimum Gasteiger partial charge on any atom is -0.376 e. The van der Waals surface area contributed by atoms with Crippen molar-refractivity contribution >= 4 is 27.5 Å². The molecule has 0 saturated carbocycles. The van der Waals surface area contributed by atoms with Crippen molar-refractivity contribution in [2.75, 3.05) is 13.2 Å². The number of aryl methyl sites for hydroxylation is 2. The fourth-order valence-electron chi connectivity index (χ4n) is 3.54. The zero-order valence-electron chi connectivity index (χ0n) is 13.5. The van der Waals surface area contributed by atoms with E-state index >= 15 is 0 Å². The van der Waals surface area contributed by atoms with Gasteiger partial charge in [0, 0.05) is 18.0 Å². The third-order valence-corrected chi connectivity index (χ3v) is 6.01. The summed E-state index contributed by atoms with van der Waals surface area (Å²) in [4.78, 5) is 31.4. The second-order valence-corrected chi connectivity index (χ2v) is 7.59. The molecule has 6 nitrogen and oxygen atoms in total. The molecule has 24 heavy (non-hydrogen) atoms. The van der Waals surface area contributed by atoms with Crippen molar-refractivity contribution in [1.29, 1.82) is 0 Å². The summed E-state index contributed by atoms with van der Waals surface area (Å²) in [5.41, 5.74) is 1.07. The highest BCUT2D eigenvalue weighted by molar-refractivity contribution is 7.18. The Bertz CT molecular complexity index is 820. The van der Waals surface area contributed by atoms with Gasteiger partial charge in [0.05, 0.1) is 17.8 Å². The Hall–Kier alpha value is -1.73. The number of nitrogens with zero attached hydrogens (tertiary/aromatic N) is 2. The van der Waals surface area contributed by atoms with E-state index in [2.05, 4.69) is 10.3 Å². The van der Waals surface area contributed by atoms with Crippen LogP contribution in [0.4, 0.5) is 0 Å². The minimum atomic E-state index is -0.169. The van der Waals surface area contributed by atoms with Crippen molar-refractivity contribution < 1.29 is 9.53 Å². The molecule has 1 fully saturated rings. The number of rotatable bonds is 4. The molecule has 4 rings (SSSR count). The Kier molecular flexibility index (Phi) is 4.37. The van der Waals surface area contributed by atoms with Crippen LogP contribution >= 0.6 is 11.3 Å². The van der Waals surface area contributed by atoms with Gasteiger partial charge in [-0.15, -0.1) is 11.3 Å². The largest absolute Gasteiger partial charge is 0.376 e. The van der Waals surface area contributed by atoms with Crippen LogP contribution in [0.5, 0.6) is 0 Å². The van der Waals surface area contributed by atoms with E-state index in [-0.39, 0.29) is 24.1 Å². The quantitative estimate of drug-likeness (QED) is 0.912. The molecule has 128 valence electrons. The van der Waals surface area contributed by atoms with Crippen LogP contribution in [0.15, 0.2) is 11.1 Å². The lowest BCUT2D eigenvalue weighted by molar-refractivity contribution is -0.122. The molecule has 2 aromatic rings. The Morgan fingerprint density at radius 3 is 3.08 bits per heavy atom. The summed E-state index contributed by atoms with van der Waals surface area (Å²) in [5.74, 6) is -0.169. The predicted molar refractivity (Wildman–Crippen MR) is 92.5 cm³/mol. The van der Waals surface area contributed by atoms with Gasteiger partial charge in [0.1, 0.15) is 11.4 Å². The van der Waals surface area contributed by atoms with Gasteiger partial charge in [-0.3, -0.25) is 14.2 Å². The van der Waals surface area contributed by atoms with Crippen molar-refractivity contribution in [3.05, 3.63) is 27.1 Å². The molecule has 1 amide bonds. The molecule has 0 aromatic carbocycles. The standard InChI is InChI=1S/C17H21N3O3S/c21-14(18-8-11-4-3-7-23-11)9-20-10-19-16-15(17(20)22)12-5-1-2-6-13(12)24-16/h10-11H,1-9H2,(H,18,21). The van der Waals surface area contributed by atoms with E-state index in [9.17, 15) is 9.59 Å². The lowest BCUT2D eigenvalue weighted by Crippen LogP contribution is -2.36. The molecule has 2 aromatic heterocycles. The second kappa shape index (κ2) is 6.64. The van der Waals surface area contributed by atoms with E-state index in [1.165, 1.54) is 22.2 Å². The van der Waals surface area contributed by atoms with Gasteiger partial charge in [-0.1, -0.05) is 0 Å². The van der Waals surface area contributed by atoms with Crippen LogP contribution in [0.1, 0.15) is 36.1 Å². The summed E-state index contributed by atoms with van der Waals surface area (Å²) < 4.78 is 6.92. The van der Waals surface area contributed by atoms with Crippen LogP contribution in [-0.2, 0) is 28.9 Å². The molecule has 7 heteroatoms. The molecule has 0 spiro atoms. The predicted octanol–water partition coefficient (Wildman–Crippen LogP) is 1.63. The van der Waals surface area contributed by atoms with Crippen LogP contribution < -0.4 is 10.9 Å². The van der Waals surface area contributed by atoms with E-state index in [4.69, 9.17) is 4.74 Å². The Balaban J connectivity index is 1.52. The lowest BCUT2D eigenvalue weighted by Gasteiger charge is -2.12. The maximum absolute atomic E-state index is 12.8. The van der Waals surface area contributed by atoms with Crippen LogP contribution in [0.25, 0.3) is 10.2 Å². The summed E-state index contributed by atoms with van der Waals surface area (Å²) >= 11 is 1.63. The van der Waals surface area contributed by atoms with Gasteiger partial charge < -0.3 is 10.1 Å². The van der Waals surface area contributed by atoms with Crippen LogP contribution in [0.3, 0.4) is 0 Å². The number of carbonyl (C=O) groups excluding carboxylic acids is 1. The zero-order chi connectivity index (χ0) is 16.5. The van der Waals surface area contributed by atoms with E-state index in [0.29, 0.717) is 6.54 Å². The summed E-state index contributed by atoms with van der Waals surface area (Å²) in [5, 5.41) is 3.58. The van der Waals surface area contributed by atoms with Gasteiger partial charge in [0.15, 0.2) is 0 Å². The van der Waals surface area contributed by atoms with Crippen LogP contribution in [0.2, 0.25) is 0 Å². The van der Waals surface area contributed by atoms with E-state index in [0.717, 1.165) is 54.5 Å². The first kappa shape index (κ1) is 15.8. The van der Waals surface area contributed by atoms with Gasteiger partial charge in [-0.2, -0.15) is 0 Å². The topological polar surface area (TPSA) is 73.2 Å². The molecule has 3 heterocycles. The summed E-state index contributed by atoms with van der Waals surface area (Å²) in [7, 11) is 0. The fourth-order valence-corrected chi connectivity index (χ4v) is 4.76. The molecule has 1 N–H and O–H groups in total. The highest BCUT2D eigenvalue weighted by atomic mass is 32.1. The highest BCUT2D eigenvalue weighted by Gasteiger charge is 2.21. The molecular weight excluding hydrogens is 326 g/mol.